The molecule has 0 aromatic heterocycles. The highest BCUT2D eigenvalue weighted by atomic mass is 32.2. The van der Waals surface area contributed by atoms with Gasteiger partial charge in [-0.1, -0.05) is 24.3 Å². The first-order chi connectivity index (χ1) is 15.7. The summed E-state index contributed by atoms with van der Waals surface area (Å²) in [4.78, 5) is 15.0. The minimum atomic E-state index is -3.60. The van der Waals surface area contributed by atoms with Crippen LogP contribution in [0.15, 0.2) is 53.4 Å². The number of anilines is 1. The van der Waals surface area contributed by atoms with Gasteiger partial charge in [0.2, 0.25) is 15.9 Å². The van der Waals surface area contributed by atoms with Crippen molar-refractivity contribution in [3.8, 4) is 0 Å². The number of likely N-dealkylation sites (N-methyl/N-ethyl adjacent to an activating group) is 1. The molecular formula is C25H33N3O4S. The molecule has 178 valence electrons. The molecule has 1 N–H and O–H groups in total. The largest absolute Gasteiger partial charge is 0.373 e. The van der Waals surface area contributed by atoms with Gasteiger partial charge >= 0.3 is 0 Å². The standard InChI is InChI=1S/C25H33N3O4S/c1-18-15-28(16-19(2)32-18)33(30,31)22-13-11-21(12-14-22)26-25(29)17-27(3)24-10-6-8-20-7-4-5-9-23(20)24/h4-5,7,9,11-14,18-19,24H,6,8,10,15-17H2,1-3H3,(H,26,29). The van der Waals surface area contributed by atoms with Crippen LogP contribution in [-0.2, 0) is 26.0 Å². The molecule has 1 heterocycles. The van der Waals surface area contributed by atoms with Crippen LogP contribution in [0, 0.1) is 0 Å². The predicted molar refractivity (Wildman–Crippen MR) is 129 cm³/mol. The fraction of sp³-hybridized carbons (Fsp3) is 0.480. The molecule has 3 atom stereocenters. The Kier molecular flexibility index (Phi) is 7.19. The summed E-state index contributed by atoms with van der Waals surface area (Å²) in [5.41, 5.74) is 3.25. The summed E-state index contributed by atoms with van der Waals surface area (Å²) in [5.74, 6) is -0.119. The summed E-state index contributed by atoms with van der Waals surface area (Å²) in [6.45, 7) is 4.69. The Balaban J connectivity index is 1.38. The molecule has 4 rings (SSSR count). The average Bonchev–Trinajstić information content (AvgIpc) is 2.78. The van der Waals surface area contributed by atoms with E-state index in [-0.39, 0.29) is 35.6 Å². The van der Waals surface area contributed by atoms with Gasteiger partial charge in [-0.05, 0) is 75.5 Å². The topological polar surface area (TPSA) is 79.0 Å². The van der Waals surface area contributed by atoms with Crippen LogP contribution in [0.25, 0.3) is 0 Å². The van der Waals surface area contributed by atoms with Gasteiger partial charge in [0.1, 0.15) is 0 Å². The van der Waals surface area contributed by atoms with Crippen LogP contribution in [-0.4, -0.2) is 62.4 Å². The lowest BCUT2D eigenvalue weighted by molar-refractivity contribution is -0.117. The van der Waals surface area contributed by atoms with Crippen LogP contribution < -0.4 is 5.32 Å². The fourth-order valence-corrected chi connectivity index (χ4v) is 6.50. The molecule has 0 saturated carbocycles. The van der Waals surface area contributed by atoms with Gasteiger partial charge in [-0.15, -0.1) is 0 Å². The van der Waals surface area contributed by atoms with Gasteiger partial charge in [0.15, 0.2) is 0 Å². The zero-order valence-corrected chi connectivity index (χ0v) is 20.3. The number of carbonyl (C=O) groups is 1. The summed E-state index contributed by atoms with van der Waals surface area (Å²) in [7, 11) is -1.62. The van der Waals surface area contributed by atoms with Gasteiger partial charge in [0.25, 0.3) is 0 Å². The van der Waals surface area contributed by atoms with Crippen LogP contribution in [0.5, 0.6) is 0 Å². The van der Waals surface area contributed by atoms with E-state index in [4.69, 9.17) is 4.74 Å². The summed E-state index contributed by atoms with van der Waals surface area (Å²) in [6.07, 6.45) is 2.95. The van der Waals surface area contributed by atoms with E-state index in [0.29, 0.717) is 18.8 Å². The van der Waals surface area contributed by atoms with Crippen LogP contribution in [0.4, 0.5) is 5.69 Å². The van der Waals surface area contributed by atoms with Gasteiger partial charge in [0, 0.05) is 24.8 Å². The first-order valence-electron chi connectivity index (χ1n) is 11.6. The molecule has 7 nitrogen and oxygen atoms in total. The molecular weight excluding hydrogens is 438 g/mol. The van der Waals surface area contributed by atoms with Gasteiger partial charge in [-0.25, -0.2) is 8.42 Å². The molecule has 2 aromatic rings. The van der Waals surface area contributed by atoms with Crippen molar-refractivity contribution in [3.63, 3.8) is 0 Å². The Morgan fingerprint density at radius 3 is 2.45 bits per heavy atom. The molecule has 2 aromatic carbocycles. The van der Waals surface area contributed by atoms with Crippen molar-refractivity contribution in [2.45, 2.75) is 56.3 Å². The molecule has 1 aliphatic heterocycles. The number of hydrogen-bond donors (Lipinski definition) is 1. The Hall–Kier alpha value is -2.26. The number of fused-ring (bicyclic) bond motifs is 1. The zero-order valence-electron chi connectivity index (χ0n) is 19.5. The van der Waals surface area contributed by atoms with Gasteiger partial charge in [-0.2, -0.15) is 4.31 Å². The molecule has 2 aliphatic rings. The first kappa shape index (κ1) is 23.9. The van der Waals surface area contributed by atoms with Crippen LogP contribution in [0.2, 0.25) is 0 Å². The second-order valence-electron chi connectivity index (χ2n) is 9.17. The highest BCUT2D eigenvalue weighted by Gasteiger charge is 2.32. The molecule has 3 unspecified atom stereocenters. The number of ether oxygens (including phenoxy) is 1. The predicted octanol–water partition coefficient (Wildman–Crippen LogP) is 3.43. The lowest BCUT2D eigenvalue weighted by Crippen LogP contribution is -2.48. The van der Waals surface area contributed by atoms with Crippen molar-refractivity contribution in [3.05, 3.63) is 59.7 Å². The molecule has 1 fully saturated rings. The maximum atomic E-state index is 13.0. The Morgan fingerprint density at radius 2 is 1.76 bits per heavy atom. The molecule has 1 amide bonds. The number of benzene rings is 2. The fourth-order valence-electron chi connectivity index (χ4n) is 4.91. The zero-order chi connectivity index (χ0) is 23.6. The molecule has 0 radical (unpaired) electrons. The number of nitrogens with zero attached hydrogens (tertiary/aromatic N) is 2. The van der Waals surface area contributed by atoms with E-state index in [1.54, 1.807) is 24.3 Å². The highest BCUT2D eigenvalue weighted by Crippen LogP contribution is 2.33. The smallest absolute Gasteiger partial charge is 0.243 e. The molecule has 33 heavy (non-hydrogen) atoms. The average molecular weight is 472 g/mol. The third-order valence-corrected chi connectivity index (χ3v) is 8.27. The highest BCUT2D eigenvalue weighted by molar-refractivity contribution is 7.89. The number of hydrogen-bond acceptors (Lipinski definition) is 5. The Morgan fingerprint density at radius 1 is 1.09 bits per heavy atom. The minimum Gasteiger partial charge on any atom is -0.373 e. The van der Waals surface area contributed by atoms with E-state index >= 15 is 0 Å². The minimum absolute atomic E-state index is 0.119. The van der Waals surface area contributed by atoms with Crippen LogP contribution >= 0.6 is 0 Å². The third kappa shape index (κ3) is 5.46. The van der Waals surface area contributed by atoms with E-state index in [1.165, 1.54) is 15.4 Å². The van der Waals surface area contributed by atoms with Crippen molar-refractivity contribution < 1.29 is 17.9 Å². The van der Waals surface area contributed by atoms with Crippen LogP contribution in [0.3, 0.4) is 0 Å². The Bertz CT molecular complexity index is 1080. The van der Waals surface area contributed by atoms with Crippen molar-refractivity contribution in [2.24, 2.45) is 0 Å². The van der Waals surface area contributed by atoms with Crippen molar-refractivity contribution >= 4 is 21.6 Å². The third-order valence-electron chi connectivity index (χ3n) is 6.42. The summed E-state index contributed by atoms with van der Waals surface area (Å²) >= 11 is 0. The molecule has 8 heteroatoms. The lowest BCUT2D eigenvalue weighted by atomic mass is 9.87. The quantitative estimate of drug-likeness (QED) is 0.698. The van der Waals surface area contributed by atoms with Gasteiger partial charge < -0.3 is 10.1 Å². The van der Waals surface area contributed by atoms with Gasteiger partial charge in [-0.3, -0.25) is 9.69 Å². The summed E-state index contributed by atoms with van der Waals surface area (Å²) in [5, 5.41) is 2.90. The number of rotatable bonds is 6. The number of carbonyl (C=O) groups excluding carboxylic acids is 1. The van der Waals surface area contributed by atoms with E-state index in [1.807, 2.05) is 20.9 Å². The van der Waals surface area contributed by atoms with E-state index in [2.05, 4.69) is 34.5 Å². The maximum Gasteiger partial charge on any atom is 0.243 e. The van der Waals surface area contributed by atoms with Crippen molar-refractivity contribution in [2.75, 3.05) is 32.0 Å². The monoisotopic (exact) mass is 471 g/mol. The molecule has 1 saturated heterocycles. The molecule has 0 bridgehead atoms. The SMILES string of the molecule is CC1CN(S(=O)(=O)c2ccc(NC(=O)CN(C)C3CCCc4ccccc43)cc2)CC(C)O1. The number of sulfonamides is 1. The Labute approximate surface area is 196 Å². The number of amides is 1. The summed E-state index contributed by atoms with van der Waals surface area (Å²) < 4.78 is 33.1. The molecule has 0 spiro atoms. The number of morpholine rings is 1. The summed E-state index contributed by atoms with van der Waals surface area (Å²) in [6, 6.07) is 15.1. The molecule has 1 aliphatic carbocycles. The normalized spacial score (nSPS) is 23.8. The van der Waals surface area contributed by atoms with Crippen molar-refractivity contribution in [1.29, 1.82) is 0 Å². The van der Waals surface area contributed by atoms with E-state index < -0.39 is 10.0 Å². The number of aryl methyl sites for hydroxylation is 1. The van der Waals surface area contributed by atoms with Gasteiger partial charge in [0.05, 0.1) is 23.6 Å². The second-order valence-corrected chi connectivity index (χ2v) is 11.1. The van der Waals surface area contributed by atoms with Crippen molar-refractivity contribution in [1.82, 2.24) is 9.21 Å². The second kappa shape index (κ2) is 9.93. The van der Waals surface area contributed by atoms with Crippen LogP contribution in [0.1, 0.15) is 43.9 Å². The maximum absolute atomic E-state index is 13.0. The first-order valence-corrected chi connectivity index (χ1v) is 13.0. The van der Waals surface area contributed by atoms with E-state index in [9.17, 15) is 13.2 Å². The number of nitrogens with one attached hydrogen (secondary N) is 1. The lowest BCUT2D eigenvalue weighted by Gasteiger charge is -2.34. The van der Waals surface area contributed by atoms with E-state index in [0.717, 1.165) is 19.3 Å².